The maximum absolute atomic E-state index is 11.9. The highest BCUT2D eigenvalue weighted by molar-refractivity contribution is 5.85. The van der Waals surface area contributed by atoms with Crippen LogP contribution in [0, 0.1) is 5.41 Å². The number of carbonyl (C=O) groups excluding carboxylic acids is 2. The minimum atomic E-state index is -0.379. The average molecular weight is 257 g/mol. The lowest BCUT2D eigenvalue weighted by Crippen LogP contribution is -2.31. The first-order valence-electron chi connectivity index (χ1n) is 6.47. The number of nitrogens with one attached hydrogen (secondary N) is 1. The van der Waals surface area contributed by atoms with E-state index in [0.29, 0.717) is 19.6 Å². The Morgan fingerprint density at radius 2 is 2.28 bits per heavy atom. The number of hydrogen-bond acceptors (Lipinski definition) is 4. The molecule has 5 nitrogen and oxygen atoms in total. The molecule has 2 atom stereocenters. The number of hydrogen-bond donors (Lipinski definition) is 1. The predicted octanol–water partition coefficient (Wildman–Crippen LogP) is 1.26. The number of rotatable bonds is 7. The molecule has 18 heavy (non-hydrogen) atoms. The van der Waals surface area contributed by atoms with E-state index >= 15 is 0 Å². The number of carbonyl (C=O) groups is 2. The van der Waals surface area contributed by atoms with Gasteiger partial charge in [-0.2, -0.15) is 0 Å². The van der Waals surface area contributed by atoms with E-state index in [1.54, 1.807) is 14.0 Å². The number of ether oxygens (including phenoxy) is 2. The van der Waals surface area contributed by atoms with Crippen LogP contribution in [-0.4, -0.2) is 38.2 Å². The maximum atomic E-state index is 11.9. The van der Waals surface area contributed by atoms with Crippen LogP contribution in [0.1, 0.15) is 39.5 Å². The van der Waals surface area contributed by atoms with Crippen LogP contribution in [0.4, 0.5) is 0 Å². The first kappa shape index (κ1) is 15.0. The summed E-state index contributed by atoms with van der Waals surface area (Å²) >= 11 is 0. The van der Waals surface area contributed by atoms with Crippen LogP contribution in [-0.2, 0) is 19.1 Å². The molecule has 104 valence electrons. The van der Waals surface area contributed by atoms with Gasteiger partial charge in [0.05, 0.1) is 13.0 Å². The third-order valence-corrected chi connectivity index (χ3v) is 3.38. The van der Waals surface area contributed by atoms with E-state index < -0.39 is 0 Å². The average Bonchev–Trinajstić information content (AvgIpc) is 2.55. The van der Waals surface area contributed by atoms with Crippen molar-refractivity contribution < 1.29 is 19.1 Å². The van der Waals surface area contributed by atoms with Crippen LogP contribution in [0.5, 0.6) is 0 Å². The maximum Gasteiger partial charge on any atom is 0.307 e. The van der Waals surface area contributed by atoms with Gasteiger partial charge in [0.1, 0.15) is 0 Å². The molecular formula is C13H23NO4. The highest BCUT2D eigenvalue weighted by Gasteiger charge is 2.42. The van der Waals surface area contributed by atoms with E-state index in [9.17, 15) is 9.59 Å². The van der Waals surface area contributed by atoms with E-state index in [0.717, 1.165) is 12.8 Å². The Labute approximate surface area is 108 Å². The first-order chi connectivity index (χ1) is 8.51. The zero-order chi connectivity index (χ0) is 13.6. The minimum absolute atomic E-state index is 0.0351. The number of esters is 1. The second kappa shape index (κ2) is 6.73. The normalized spacial score (nSPS) is 27.1. The molecule has 0 radical (unpaired) electrons. The summed E-state index contributed by atoms with van der Waals surface area (Å²) in [5.41, 5.74) is -0.379. The fraction of sp³-hybridized carbons (Fsp3) is 0.846. The van der Waals surface area contributed by atoms with Crippen molar-refractivity contribution in [2.45, 2.75) is 45.6 Å². The van der Waals surface area contributed by atoms with Crippen molar-refractivity contribution in [2.24, 2.45) is 5.41 Å². The van der Waals surface area contributed by atoms with Gasteiger partial charge in [0.15, 0.2) is 0 Å². The fourth-order valence-corrected chi connectivity index (χ4v) is 2.41. The Hall–Kier alpha value is -1.10. The third kappa shape index (κ3) is 3.98. The van der Waals surface area contributed by atoms with Gasteiger partial charge in [-0.05, 0) is 26.2 Å². The van der Waals surface area contributed by atoms with E-state index in [2.05, 4.69) is 5.32 Å². The van der Waals surface area contributed by atoms with Crippen LogP contribution in [0.3, 0.4) is 0 Å². The van der Waals surface area contributed by atoms with Crippen molar-refractivity contribution >= 4 is 11.9 Å². The third-order valence-electron chi connectivity index (χ3n) is 3.38. The summed E-state index contributed by atoms with van der Waals surface area (Å²) in [5.74, 6) is -0.211. The van der Waals surface area contributed by atoms with Crippen molar-refractivity contribution in [1.82, 2.24) is 5.32 Å². The largest absolute Gasteiger partial charge is 0.466 e. The molecule has 1 fully saturated rings. The molecule has 1 aliphatic rings. The Kier molecular flexibility index (Phi) is 5.59. The first-order valence-corrected chi connectivity index (χ1v) is 6.47. The summed E-state index contributed by atoms with van der Waals surface area (Å²) < 4.78 is 9.89. The molecule has 1 heterocycles. The van der Waals surface area contributed by atoms with Crippen LogP contribution < -0.4 is 5.32 Å². The van der Waals surface area contributed by atoms with E-state index in [1.807, 2.05) is 6.92 Å². The summed E-state index contributed by atoms with van der Waals surface area (Å²) in [6.45, 7) is 4.76. The second-order valence-electron chi connectivity index (χ2n) is 5.04. The smallest absolute Gasteiger partial charge is 0.307 e. The van der Waals surface area contributed by atoms with Crippen LogP contribution in [0.15, 0.2) is 0 Å². The molecule has 1 rings (SSSR count). The van der Waals surface area contributed by atoms with Crippen LogP contribution >= 0.6 is 0 Å². The summed E-state index contributed by atoms with van der Waals surface area (Å²) in [5, 5.41) is 2.88. The fourth-order valence-electron chi connectivity index (χ4n) is 2.41. The molecule has 2 unspecified atom stereocenters. The molecular weight excluding hydrogens is 234 g/mol. The van der Waals surface area contributed by atoms with Gasteiger partial charge in [-0.25, -0.2) is 0 Å². The molecule has 1 saturated heterocycles. The number of amides is 1. The van der Waals surface area contributed by atoms with Gasteiger partial charge >= 0.3 is 5.97 Å². The topological polar surface area (TPSA) is 64.6 Å². The summed E-state index contributed by atoms with van der Waals surface area (Å²) in [6, 6.07) is -0.0934. The zero-order valence-electron chi connectivity index (χ0n) is 11.5. The summed E-state index contributed by atoms with van der Waals surface area (Å²) in [6.07, 6.45) is 2.59. The van der Waals surface area contributed by atoms with Crippen molar-refractivity contribution in [3.8, 4) is 0 Å². The molecule has 1 N–H and O–H groups in total. The monoisotopic (exact) mass is 257 g/mol. The molecule has 0 aliphatic carbocycles. The summed E-state index contributed by atoms with van der Waals surface area (Å²) in [4.78, 5) is 23.3. The second-order valence-corrected chi connectivity index (χ2v) is 5.04. The van der Waals surface area contributed by atoms with Crippen molar-refractivity contribution in [3.05, 3.63) is 0 Å². The van der Waals surface area contributed by atoms with E-state index in [-0.39, 0.29) is 29.8 Å². The van der Waals surface area contributed by atoms with Crippen LogP contribution in [0.2, 0.25) is 0 Å². The molecule has 1 aliphatic heterocycles. The minimum Gasteiger partial charge on any atom is -0.466 e. The van der Waals surface area contributed by atoms with Crippen LogP contribution in [0.25, 0.3) is 0 Å². The SMILES string of the molecule is CCOC(=O)CC1CC(C)(CCCOC)C(=O)N1. The lowest BCUT2D eigenvalue weighted by atomic mass is 9.82. The van der Waals surface area contributed by atoms with E-state index in [4.69, 9.17) is 9.47 Å². The van der Waals surface area contributed by atoms with E-state index in [1.165, 1.54) is 0 Å². The Morgan fingerprint density at radius 3 is 2.89 bits per heavy atom. The van der Waals surface area contributed by atoms with Gasteiger partial charge in [-0.3, -0.25) is 9.59 Å². The Morgan fingerprint density at radius 1 is 1.56 bits per heavy atom. The summed E-state index contributed by atoms with van der Waals surface area (Å²) in [7, 11) is 1.65. The molecule has 5 heteroatoms. The van der Waals surface area contributed by atoms with Gasteiger partial charge in [0, 0.05) is 25.2 Å². The van der Waals surface area contributed by atoms with Gasteiger partial charge in [0.2, 0.25) is 5.91 Å². The number of methoxy groups -OCH3 is 1. The van der Waals surface area contributed by atoms with Crippen molar-refractivity contribution in [2.75, 3.05) is 20.3 Å². The highest BCUT2D eigenvalue weighted by atomic mass is 16.5. The molecule has 0 bridgehead atoms. The molecule has 0 spiro atoms. The molecule has 1 amide bonds. The molecule has 0 aromatic rings. The van der Waals surface area contributed by atoms with Gasteiger partial charge in [-0.15, -0.1) is 0 Å². The Bertz CT molecular complexity index is 305. The van der Waals surface area contributed by atoms with Gasteiger partial charge in [0.25, 0.3) is 0 Å². The van der Waals surface area contributed by atoms with Gasteiger partial charge < -0.3 is 14.8 Å². The molecule has 0 aromatic carbocycles. The molecule has 0 saturated carbocycles. The van der Waals surface area contributed by atoms with Gasteiger partial charge in [-0.1, -0.05) is 6.92 Å². The highest BCUT2D eigenvalue weighted by Crippen LogP contribution is 2.35. The predicted molar refractivity (Wildman–Crippen MR) is 67.0 cm³/mol. The van der Waals surface area contributed by atoms with Crippen molar-refractivity contribution in [1.29, 1.82) is 0 Å². The lowest BCUT2D eigenvalue weighted by molar-refractivity contribution is -0.143. The Balaban J connectivity index is 2.44. The molecule has 0 aromatic heterocycles. The quantitative estimate of drug-likeness (QED) is 0.551. The zero-order valence-corrected chi connectivity index (χ0v) is 11.5. The standard InChI is InChI=1S/C13H23NO4/c1-4-18-11(15)8-10-9-13(2,12(16)14-10)6-5-7-17-3/h10H,4-9H2,1-3H3,(H,14,16). The van der Waals surface area contributed by atoms with Crippen molar-refractivity contribution in [3.63, 3.8) is 0 Å². The lowest BCUT2D eigenvalue weighted by Gasteiger charge is -2.20.